The molecule has 0 bridgehead atoms. The first-order valence-corrected chi connectivity index (χ1v) is 10.8. The van der Waals surface area contributed by atoms with Crippen LogP contribution in [-0.4, -0.2) is 62.8 Å². The molecule has 3 aliphatic rings. The van der Waals surface area contributed by atoms with Crippen molar-refractivity contribution in [3.8, 4) is 11.5 Å². The van der Waals surface area contributed by atoms with Crippen LogP contribution in [0.25, 0.3) is 0 Å². The molecule has 1 amide bonds. The van der Waals surface area contributed by atoms with Crippen LogP contribution >= 0.6 is 11.6 Å². The van der Waals surface area contributed by atoms with E-state index in [0.29, 0.717) is 17.5 Å². The number of carbonyl (C=O) groups is 1. The van der Waals surface area contributed by atoms with Gasteiger partial charge in [0.25, 0.3) is 0 Å². The van der Waals surface area contributed by atoms with E-state index in [-0.39, 0.29) is 17.9 Å². The van der Waals surface area contributed by atoms with Gasteiger partial charge in [0.15, 0.2) is 11.5 Å². The standard InChI is InChI=1S/C21H30ClN3O3/c22-17-3-4-19-20(10-17)28-18(14-27-19)13-25-8-5-15(6-9-25)11-24-21(26)16-2-1-7-23-12-16/h3-4,10,15-16,18,23H,1-2,5-9,11-14H2,(H,24,26)/t16-,18?/m0/s1. The lowest BCUT2D eigenvalue weighted by molar-refractivity contribution is -0.125. The van der Waals surface area contributed by atoms with Crippen LogP contribution in [-0.2, 0) is 4.79 Å². The van der Waals surface area contributed by atoms with E-state index in [9.17, 15) is 4.79 Å². The van der Waals surface area contributed by atoms with Gasteiger partial charge in [-0.2, -0.15) is 0 Å². The topological polar surface area (TPSA) is 62.8 Å². The molecule has 0 aromatic heterocycles. The molecule has 0 aliphatic carbocycles. The molecule has 2 saturated heterocycles. The summed E-state index contributed by atoms with van der Waals surface area (Å²) in [5.74, 6) is 2.44. The molecule has 1 unspecified atom stereocenters. The predicted molar refractivity (Wildman–Crippen MR) is 109 cm³/mol. The Bertz CT molecular complexity index is 673. The van der Waals surface area contributed by atoms with Crippen molar-refractivity contribution >= 4 is 17.5 Å². The van der Waals surface area contributed by atoms with Crippen LogP contribution in [0.2, 0.25) is 5.02 Å². The van der Waals surface area contributed by atoms with Gasteiger partial charge in [-0.1, -0.05) is 11.6 Å². The van der Waals surface area contributed by atoms with Gasteiger partial charge in [-0.3, -0.25) is 9.69 Å². The van der Waals surface area contributed by atoms with Crippen molar-refractivity contribution < 1.29 is 14.3 Å². The number of likely N-dealkylation sites (tertiary alicyclic amines) is 1. The second-order valence-corrected chi connectivity index (χ2v) is 8.61. The van der Waals surface area contributed by atoms with Crippen LogP contribution in [0, 0.1) is 11.8 Å². The van der Waals surface area contributed by atoms with Crippen LogP contribution in [0.5, 0.6) is 11.5 Å². The first kappa shape index (κ1) is 19.8. The molecule has 6 nitrogen and oxygen atoms in total. The summed E-state index contributed by atoms with van der Waals surface area (Å²) in [7, 11) is 0. The Morgan fingerprint density at radius 3 is 2.89 bits per heavy atom. The number of hydrogen-bond acceptors (Lipinski definition) is 5. The zero-order valence-corrected chi connectivity index (χ0v) is 17.0. The SMILES string of the molecule is O=C(NCC1CCN(CC2COc3ccc(Cl)cc3O2)CC1)[C@H]1CCCNC1. The second-order valence-electron chi connectivity index (χ2n) is 8.17. The van der Waals surface area contributed by atoms with Gasteiger partial charge in [-0.05, 0) is 63.4 Å². The monoisotopic (exact) mass is 407 g/mol. The number of hydrogen-bond donors (Lipinski definition) is 2. The molecule has 7 heteroatoms. The van der Waals surface area contributed by atoms with Gasteiger partial charge in [0.1, 0.15) is 12.7 Å². The maximum Gasteiger partial charge on any atom is 0.224 e. The van der Waals surface area contributed by atoms with Gasteiger partial charge in [-0.15, -0.1) is 0 Å². The molecular formula is C21H30ClN3O3. The average molecular weight is 408 g/mol. The van der Waals surface area contributed by atoms with Crippen molar-refractivity contribution in [1.82, 2.24) is 15.5 Å². The molecule has 0 radical (unpaired) electrons. The van der Waals surface area contributed by atoms with E-state index < -0.39 is 0 Å². The van der Waals surface area contributed by atoms with Gasteiger partial charge in [0.2, 0.25) is 5.91 Å². The molecular weight excluding hydrogens is 378 g/mol. The molecule has 28 heavy (non-hydrogen) atoms. The maximum atomic E-state index is 12.3. The lowest BCUT2D eigenvalue weighted by atomic mass is 9.95. The third-order valence-corrected chi connectivity index (χ3v) is 6.26. The van der Waals surface area contributed by atoms with Crippen molar-refractivity contribution in [1.29, 1.82) is 0 Å². The number of nitrogens with zero attached hydrogens (tertiary/aromatic N) is 1. The fourth-order valence-electron chi connectivity index (χ4n) is 4.31. The predicted octanol–water partition coefficient (Wildman–Crippen LogP) is 2.31. The van der Waals surface area contributed by atoms with Crippen LogP contribution < -0.4 is 20.1 Å². The summed E-state index contributed by atoms with van der Waals surface area (Å²) < 4.78 is 11.9. The Labute approximate surface area is 171 Å². The molecule has 0 spiro atoms. The fourth-order valence-corrected chi connectivity index (χ4v) is 4.47. The van der Waals surface area contributed by atoms with E-state index in [4.69, 9.17) is 21.1 Å². The number of piperidine rings is 2. The highest BCUT2D eigenvalue weighted by molar-refractivity contribution is 6.30. The van der Waals surface area contributed by atoms with E-state index in [1.165, 1.54) is 0 Å². The van der Waals surface area contributed by atoms with Gasteiger partial charge in [0, 0.05) is 30.7 Å². The van der Waals surface area contributed by atoms with E-state index in [1.54, 1.807) is 0 Å². The van der Waals surface area contributed by atoms with E-state index >= 15 is 0 Å². The zero-order chi connectivity index (χ0) is 19.3. The highest BCUT2D eigenvalue weighted by atomic mass is 35.5. The van der Waals surface area contributed by atoms with Crippen molar-refractivity contribution in [2.75, 3.05) is 45.9 Å². The van der Waals surface area contributed by atoms with E-state index in [0.717, 1.165) is 76.5 Å². The molecule has 2 N–H and O–H groups in total. The Morgan fingerprint density at radius 2 is 2.11 bits per heavy atom. The first-order valence-electron chi connectivity index (χ1n) is 10.5. The highest BCUT2D eigenvalue weighted by Crippen LogP contribution is 2.34. The Kier molecular flexibility index (Phi) is 6.60. The molecule has 2 atom stereocenters. The van der Waals surface area contributed by atoms with Gasteiger partial charge in [0.05, 0.1) is 5.92 Å². The van der Waals surface area contributed by atoms with E-state index in [1.807, 2.05) is 18.2 Å². The smallest absolute Gasteiger partial charge is 0.224 e. The van der Waals surface area contributed by atoms with Gasteiger partial charge >= 0.3 is 0 Å². The maximum absolute atomic E-state index is 12.3. The summed E-state index contributed by atoms with van der Waals surface area (Å²) in [5.41, 5.74) is 0. The van der Waals surface area contributed by atoms with E-state index in [2.05, 4.69) is 15.5 Å². The molecule has 0 saturated carbocycles. The number of halogens is 1. The van der Waals surface area contributed by atoms with Gasteiger partial charge in [-0.25, -0.2) is 0 Å². The largest absolute Gasteiger partial charge is 0.486 e. The molecule has 3 heterocycles. The number of nitrogens with one attached hydrogen (secondary N) is 2. The normalized spacial score (nSPS) is 26.0. The summed E-state index contributed by atoms with van der Waals surface area (Å²) in [4.78, 5) is 14.7. The van der Waals surface area contributed by atoms with Crippen LogP contribution in [0.4, 0.5) is 0 Å². The molecule has 3 aliphatic heterocycles. The molecule has 2 fully saturated rings. The van der Waals surface area contributed by atoms with Crippen LogP contribution in [0.3, 0.4) is 0 Å². The van der Waals surface area contributed by atoms with Crippen molar-refractivity contribution in [2.45, 2.75) is 31.8 Å². The molecule has 4 rings (SSSR count). The Morgan fingerprint density at radius 1 is 1.25 bits per heavy atom. The zero-order valence-electron chi connectivity index (χ0n) is 16.3. The third kappa shape index (κ3) is 5.10. The molecule has 1 aromatic rings. The van der Waals surface area contributed by atoms with Crippen LogP contribution in [0.15, 0.2) is 18.2 Å². The number of rotatable bonds is 5. The minimum atomic E-state index is 0.0287. The summed E-state index contributed by atoms with van der Waals surface area (Å²) in [6, 6.07) is 5.50. The van der Waals surface area contributed by atoms with Gasteiger partial charge < -0.3 is 20.1 Å². The number of benzene rings is 1. The minimum absolute atomic E-state index is 0.0287. The number of ether oxygens (including phenoxy) is 2. The first-order chi connectivity index (χ1) is 13.7. The number of carbonyl (C=O) groups excluding carboxylic acids is 1. The average Bonchev–Trinajstić information content (AvgIpc) is 2.73. The van der Waals surface area contributed by atoms with Crippen molar-refractivity contribution in [3.63, 3.8) is 0 Å². The second kappa shape index (κ2) is 9.33. The van der Waals surface area contributed by atoms with Crippen molar-refractivity contribution in [3.05, 3.63) is 23.2 Å². The lowest BCUT2D eigenvalue weighted by Crippen LogP contribution is -2.46. The molecule has 1 aromatic carbocycles. The summed E-state index contributed by atoms with van der Waals surface area (Å²) >= 11 is 6.05. The highest BCUT2D eigenvalue weighted by Gasteiger charge is 2.27. The fraction of sp³-hybridized carbons (Fsp3) is 0.667. The summed E-state index contributed by atoms with van der Waals surface area (Å²) in [5, 5.41) is 7.15. The van der Waals surface area contributed by atoms with Crippen LogP contribution in [0.1, 0.15) is 25.7 Å². The number of amides is 1. The van der Waals surface area contributed by atoms with Crippen molar-refractivity contribution in [2.24, 2.45) is 11.8 Å². The molecule has 154 valence electrons. The minimum Gasteiger partial charge on any atom is -0.486 e. The quantitative estimate of drug-likeness (QED) is 0.784. The lowest BCUT2D eigenvalue weighted by Gasteiger charge is -2.36. The third-order valence-electron chi connectivity index (χ3n) is 6.03. The number of fused-ring (bicyclic) bond motifs is 1. The Hall–Kier alpha value is -1.50. The Balaban J connectivity index is 1.17. The summed E-state index contributed by atoms with van der Waals surface area (Å²) in [6.45, 7) is 6.16. The summed E-state index contributed by atoms with van der Waals surface area (Å²) in [6.07, 6.45) is 4.36.